The van der Waals surface area contributed by atoms with E-state index in [-0.39, 0.29) is 22.3 Å². The summed E-state index contributed by atoms with van der Waals surface area (Å²) in [6.45, 7) is 1.34. The van der Waals surface area contributed by atoms with E-state index in [1.807, 2.05) is 0 Å². The van der Waals surface area contributed by atoms with E-state index >= 15 is 0 Å². The van der Waals surface area contributed by atoms with Crippen LogP contribution in [0.3, 0.4) is 0 Å². The summed E-state index contributed by atoms with van der Waals surface area (Å²) in [5.41, 5.74) is -0.958. The standard InChI is InChI=1S/C10H7FO3/c1-5-8(11)6-3-2-4-7(12)9(6)14-10(5)13/h2-4,12H,1H3. The summed E-state index contributed by atoms with van der Waals surface area (Å²) >= 11 is 0. The molecule has 0 unspecified atom stereocenters. The largest absolute Gasteiger partial charge is 0.504 e. The van der Waals surface area contributed by atoms with Crippen molar-refractivity contribution in [1.29, 1.82) is 0 Å². The molecule has 4 heteroatoms. The maximum Gasteiger partial charge on any atom is 0.342 e. The molecule has 0 aliphatic rings. The van der Waals surface area contributed by atoms with Gasteiger partial charge in [0.05, 0.1) is 10.9 Å². The lowest BCUT2D eigenvalue weighted by Gasteiger charge is -2.01. The number of phenols is 1. The van der Waals surface area contributed by atoms with Gasteiger partial charge in [-0.3, -0.25) is 0 Å². The van der Waals surface area contributed by atoms with Gasteiger partial charge in [-0.1, -0.05) is 6.07 Å². The van der Waals surface area contributed by atoms with Crippen LogP contribution in [0, 0.1) is 12.7 Å². The van der Waals surface area contributed by atoms with Crippen LogP contribution in [-0.4, -0.2) is 5.11 Å². The summed E-state index contributed by atoms with van der Waals surface area (Å²) < 4.78 is 18.2. The van der Waals surface area contributed by atoms with Gasteiger partial charge >= 0.3 is 5.63 Å². The summed E-state index contributed by atoms with van der Waals surface area (Å²) in [7, 11) is 0. The number of para-hydroxylation sites is 1. The summed E-state index contributed by atoms with van der Waals surface area (Å²) in [5, 5.41) is 9.42. The first kappa shape index (κ1) is 8.74. The Morgan fingerprint density at radius 3 is 2.86 bits per heavy atom. The van der Waals surface area contributed by atoms with Crippen LogP contribution in [0.15, 0.2) is 27.4 Å². The van der Waals surface area contributed by atoms with E-state index in [2.05, 4.69) is 0 Å². The Labute approximate surface area is 78.4 Å². The molecule has 3 nitrogen and oxygen atoms in total. The maximum absolute atomic E-state index is 13.5. The minimum absolute atomic E-state index is 0.0805. The molecule has 0 saturated heterocycles. The molecule has 72 valence electrons. The average Bonchev–Trinajstić information content (AvgIpc) is 2.17. The van der Waals surface area contributed by atoms with E-state index < -0.39 is 11.4 Å². The molecule has 0 amide bonds. The van der Waals surface area contributed by atoms with Crippen molar-refractivity contribution in [3.8, 4) is 5.75 Å². The lowest BCUT2D eigenvalue weighted by Crippen LogP contribution is -2.06. The zero-order valence-electron chi connectivity index (χ0n) is 7.37. The first-order chi connectivity index (χ1) is 6.61. The number of aromatic hydroxyl groups is 1. The summed E-state index contributed by atoms with van der Waals surface area (Å²) in [6, 6.07) is 4.26. The molecule has 0 spiro atoms. The molecule has 0 aliphatic heterocycles. The Bertz CT molecular complexity index is 557. The third-order valence-electron chi connectivity index (χ3n) is 2.06. The van der Waals surface area contributed by atoms with Gasteiger partial charge in [0.25, 0.3) is 0 Å². The Morgan fingerprint density at radius 1 is 1.43 bits per heavy atom. The molecule has 1 N–H and O–H groups in total. The zero-order valence-corrected chi connectivity index (χ0v) is 7.37. The van der Waals surface area contributed by atoms with Gasteiger partial charge < -0.3 is 9.52 Å². The predicted octanol–water partition coefficient (Wildman–Crippen LogP) is 1.95. The second-order valence-corrected chi connectivity index (χ2v) is 2.98. The van der Waals surface area contributed by atoms with Gasteiger partial charge in [0.2, 0.25) is 0 Å². The van der Waals surface area contributed by atoms with Crippen molar-refractivity contribution in [3.05, 3.63) is 40.0 Å². The normalized spacial score (nSPS) is 10.7. The third-order valence-corrected chi connectivity index (χ3v) is 2.06. The minimum Gasteiger partial charge on any atom is -0.504 e. The molecule has 0 atom stereocenters. The number of phenolic OH excluding ortho intramolecular Hbond substituents is 1. The van der Waals surface area contributed by atoms with Gasteiger partial charge in [-0.05, 0) is 19.1 Å². The molecule has 2 aromatic rings. The van der Waals surface area contributed by atoms with Crippen molar-refractivity contribution < 1.29 is 13.9 Å². The van der Waals surface area contributed by atoms with Crippen LogP contribution < -0.4 is 5.63 Å². The molecule has 1 heterocycles. The molecule has 1 aromatic heterocycles. The molecule has 2 rings (SSSR count). The second-order valence-electron chi connectivity index (χ2n) is 2.98. The molecule has 1 aromatic carbocycles. The van der Waals surface area contributed by atoms with Crippen molar-refractivity contribution in [2.75, 3.05) is 0 Å². The fourth-order valence-corrected chi connectivity index (χ4v) is 1.27. The number of hydrogen-bond donors (Lipinski definition) is 1. The van der Waals surface area contributed by atoms with Gasteiger partial charge in [0, 0.05) is 0 Å². The smallest absolute Gasteiger partial charge is 0.342 e. The quantitative estimate of drug-likeness (QED) is 0.652. The van der Waals surface area contributed by atoms with E-state index in [1.165, 1.54) is 25.1 Å². The third kappa shape index (κ3) is 1.08. The van der Waals surface area contributed by atoms with Crippen molar-refractivity contribution >= 4 is 11.0 Å². The topological polar surface area (TPSA) is 50.4 Å². The van der Waals surface area contributed by atoms with Gasteiger partial charge in [0.15, 0.2) is 11.3 Å². The number of benzene rings is 1. The summed E-state index contributed by atoms with van der Waals surface area (Å²) in [5.74, 6) is -0.884. The van der Waals surface area contributed by atoms with Crippen LogP contribution in [0.5, 0.6) is 5.75 Å². The van der Waals surface area contributed by atoms with Crippen molar-refractivity contribution in [2.45, 2.75) is 6.92 Å². The Balaban J connectivity index is 3.06. The average molecular weight is 194 g/mol. The number of fused-ring (bicyclic) bond motifs is 1. The molecular formula is C10H7FO3. The Kier molecular flexibility index (Phi) is 1.77. The van der Waals surface area contributed by atoms with Crippen LogP contribution in [0.2, 0.25) is 0 Å². The van der Waals surface area contributed by atoms with E-state index in [0.717, 1.165) is 0 Å². The molecule has 0 fully saturated rings. The van der Waals surface area contributed by atoms with Crippen molar-refractivity contribution in [3.63, 3.8) is 0 Å². The highest BCUT2D eigenvalue weighted by Crippen LogP contribution is 2.25. The molecule has 0 aliphatic carbocycles. The fraction of sp³-hybridized carbons (Fsp3) is 0.100. The van der Waals surface area contributed by atoms with Crippen LogP contribution in [0.4, 0.5) is 4.39 Å². The minimum atomic E-state index is -0.767. The molecular weight excluding hydrogens is 187 g/mol. The van der Waals surface area contributed by atoms with Gasteiger partial charge in [-0.15, -0.1) is 0 Å². The number of rotatable bonds is 0. The van der Waals surface area contributed by atoms with Gasteiger partial charge in [-0.2, -0.15) is 0 Å². The van der Waals surface area contributed by atoms with Crippen molar-refractivity contribution in [1.82, 2.24) is 0 Å². The van der Waals surface area contributed by atoms with Crippen LogP contribution in [0.25, 0.3) is 11.0 Å². The molecule has 0 saturated carbocycles. The Morgan fingerprint density at radius 2 is 2.14 bits per heavy atom. The first-order valence-corrected chi connectivity index (χ1v) is 4.02. The SMILES string of the molecule is Cc1c(F)c2cccc(O)c2oc1=O. The van der Waals surface area contributed by atoms with E-state index in [0.29, 0.717) is 0 Å². The second kappa shape index (κ2) is 2.83. The lowest BCUT2D eigenvalue weighted by atomic mass is 10.2. The highest BCUT2D eigenvalue weighted by molar-refractivity contribution is 5.83. The maximum atomic E-state index is 13.5. The predicted molar refractivity (Wildman–Crippen MR) is 48.8 cm³/mol. The summed E-state index contributed by atoms with van der Waals surface area (Å²) in [6.07, 6.45) is 0. The van der Waals surface area contributed by atoms with Gasteiger partial charge in [0.1, 0.15) is 5.82 Å². The number of hydrogen-bond acceptors (Lipinski definition) is 3. The van der Waals surface area contributed by atoms with E-state index in [1.54, 1.807) is 0 Å². The van der Waals surface area contributed by atoms with E-state index in [9.17, 15) is 14.3 Å². The summed E-state index contributed by atoms with van der Waals surface area (Å²) in [4.78, 5) is 11.1. The lowest BCUT2D eigenvalue weighted by molar-refractivity contribution is 0.452. The highest BCUT2D eigenvalue weighted by Gasteiger charge is 2.12. The van der Waals surface area contributed by atoms with E-state index in [4.69, 9.17) is 4.42 Å². The highest BCUT2D eigenvalue weighted by atomic mass is 19.1. The molecule has 14 heavy (non-hydrogen) atoms. The van der Waals surface area contributed by atoms with Crippen LogP contribution in [-0.2, 0) is 0 Å². The monoisotopic (exact) mass is 194 g/mol. The molecule has 0 radical (unpaired) electrons. The van der Waals surface area contributed by atoms with Gasteiger partial charge in [-0.25, -0.2) is 9.18 Å². The van der Waals surface area contributed by atoms with Crippen LogP contribution in [0.1, 0.15) is 5.56 Å². The fourth-order valence-electron chi connectivity index (χ4n) is 1.27. The zero-order chi connectivity index (χ0) is 10.3. The molecule has 0 bridgehead atoms. The Hall–Kier alpha value is -1.84. The van der Waals surface area contributed by atoms with Crippen LogP contribution >= 0.6 is 0 Å². The first-order valence-electron chi connectivity index (χ1n) is 4.02. The number of halogens is 1. The van der Waals surface area contributed by atoms with Crippen molar-refractivity contribution in [2.24, 2.45) is 0 Å².